The molecule has 0 amide bonds. The third kappa shape index (κ3) is 1.19. The van der Waals surface area contributed by atoms with E-state index in [1.807, 2.05) is 26.0 Å². The second-order valence-electron chi connectivity index (χ2n) is 1.94. The Morgan fingerprint density at radius 2 is 2.56 bits per heavy atom. The number of allylic oxidation sites excluding steroid dienone is 2. The minimum Gasteiger partial charge on any atom is -0.278 e. The zero-order chi connectivity index (χ0) is 6.69. The number of rotatable bonds is 1. The summed E-state index contributed by atoms with van der Waals surface area (Å²) in [4.78, 5) is 0. The van der Waals surface area contributed by atoms with Crippen LogP contribution >= 0.6 is 0 Å². The lowest BCUT2D eigenvalue weighted by molar-refractivity contribution is 1.07. The van der Waals surface area contributed by atoms with E-state index in [9.17, 15) is 0 Å². The Kier molecular flexibility index (Phi) is 1.68. The maximum absolute atomic E-state index is 3.83. The van der Waals surface area contributed by atoms with Gasteiger partial charge in [-0.3, -0.25) is 5.10 Å². The van der Waals surface area contributed by atoms with Crippen LogP contribution in [0.4, 0.5) is 0 Å². The monoisotopic (exact) mass is 122 g/mol. The molecule has 0 aliphatic rings. The van der Waals surface area contributed by atoms with Gasteiger partial charge in [0.05, 0.1) is 5.69 Å². The lowest BCUT2D eigenvalue weighted by Crippen LogP contribution is -1.76. The van der Waals surface area contributed by atoms with Gasteiger partial charge in [0, 0.05) is 6.20 Å². The van der Waals surface area contributed by atoms with Crippen molar-refractivity contribution in [3.63, 3.8) is 0 Å². The van der Waals surface area contributed by atoms with Crippen LogP contribution in [0, 0.1) is 0 Å². The summed E-state index contributed by atoms with van der Waals surface area (Å²) in [6, 6.07) is 1.95. The number of aromatic amines is 1. The molecule has 0 aliphatic carbocycles. The second kappa shape index (κ2) is 2.49. The minimum atomic E-state index is 1.09. The molecule has 1 heterocycles. The van der Waals surface area contributed by atoms with Crippen LogP contribution in [0.2, 0.25) is 0 Å². The Bertz CT molecular complexity index is 197. The third-order valence-electron chi connectivity index (χ3n) is 1.36. The van der Waals surface area contributed by atoms with Gasteiger partial charge in [-0.15, -0.1) is 0 Å². The van der Waals surface area contributed by atoms with Gasteiger partial charge >= 0.3 is 0 Å². The Morgan fingerprint density at radius 3 is 3.00 bits per heavy atom. The smallest absolute Gasteiger partial charge is 0.0603 e. The molecule has 48 valence electrons. The standard InChI is InChI=1S/C7H10N2/c1-3-6(2)7-4-5-8-9-7/h3-5H,1-2H3,(H,8,9)/b6-3+. The van der Waals surface area contributed by atoms with Crippen LogP contribution in [0.5, 0.6) is 0 Å². The molecule has 1 rings (SSSR count). The van der Waals surface area contributed by atoms with Gasteiger partial charge in [0.2, 0.25) is 0 Å². The number of hydrogen-bond donors (Lipinski definition) is 1. The molecule has 0 saturated heterocycles. The molecule has 1 N–H and O–H groups in total. The van der Waals surface area contributed by atoms with Gasteiger partial charge in [0.25, 0.3) is 0 Å². The number of aromatic nitrogens is 2. The van der Waals surface area contributed by atoms with Crippen molar-refractivity contribution in [2.75, 3.05) is 0 Å². The molecular formula is C7H10N2. The molecule has 0 atom stereocenters. The van der Waals surface area contributed by atoms with E-state index in [1.165, 1.54) is 5.57 Å². The Hall–Kier alpha value is -1.05. The first-order chi connectivity index (χ1) is 4.34. The quantitative estimate of drug-likeness (QED) is 0.604. The highest BCUT2D eigenvalue weighted by Gasteiger charge is 1.91. The highest BCUT2D eigenvalue weighted by atomic mass is 15.1. The normalized spacial score (nSPS) is 12.0. The largest absolute Gasteiger partial charge is 0.278 e. The minimum absolute atomic E-state index is 1.09. The number of H-pyrrole nitrogens is 1. The molecule has 2 nitrogen and oxygen atoms in total. The van der Waals surface area contributed by atoms with Crippen LogP contribution in [-0.2, 0) is 0 Å². The highest BCUT2D eigenvalue weighted by Crippen LogP contribution is 2.07. The molecule has 0 aliphatic heterocycles. The lowest BCUT2D eigenvalue weighted by Gasteiger charge is -1.90. The summed E-state index contributed by atoms with van der Waals surface area (Å²) in [6.07, 6.45) is 3.80. The first-order valence-corrected chi connectivity index (χ1v) is 2.97. The molecular weight excluding hydrogens is 112 g/mol. The first-order valence-electron chi connectivity index (χ1n) is 2.97. The Labute approximate surface area is 54.6 Å². The van der Waals surface area contributed by atoms with E-state index < -0.39 is 0 Å². The SMILES string of the molecule is C/C=C(\C)c1ccn[nH]1. The maximum Gasteiger partial charge on any atom is 0.0603 e. The van der Waals surface area contributed by atoms with Gasteiger partial charge in [0.1, 0.15) is 0 Å². The van der Waals surface area contributed by atoms with E-state index in [0.29, 0.717) is 0 Å². The van der Waals surface area contributed by atoms with Crippen LogP contribution in [0.3, 0.4) is 0 Å². The van der Waals surface area contributed by atoms with E-state index in [-0.39, 0.29) is 0 Å². The zero-order valence-electron chi connectivity index (χ0n) is 5.68. The van der Waals surface area contributed by atoms with Gasteiger partial charge in [-0.1, -0.05) is 6.08 Å². The lowest BCUT2D eigenvalue weighted by atomic mass is 10.2. The van der Waals surface area contributed by atoms with Crippen molar-refractivity contribution < 1.29 is 0 Å². The van der Waals surface area contributed by atoms with Gasteiger partial charge in [-0.25, -0.2) is 0 Å². The fourth-order valence-electron chi connectivity index (χ4n) is 0.631. The van der Waals surface area contributed by atoms with E-state index in [0.717, 1.165) is 5.69 Å². The van der Waals surface area contributed by atoms with Gasteiger partial charge in [-0.2, -0.15) is 5.10 Å². The van der Waals surface area contributed by atoms with E-state index in [2.05, 4.69) is 10.2 Å². The zero-order valence-corrected chi connectivity index (χ0v) is 5.68. The van der Waals surface area contributed by atoms with E-state index in [1.54, 1.807) is 6.20 Å². The second-order valence-corrected chi connectivity index (χ2v) is 1.94. The predicted octanol–water partition coefficient (Wildman–Crippen LogP) is 1.83. The van der Waals surface area contributed by atoms with Crippen molar-refractivity contribution >= 4 is 5.57 Å². The van der Waals surface area contributed by atoms with Crippen molar-refractivity contribution in [3.05, 3.63) is 24.0 Å². The van der Waals surface area contributed by atoms with Crippen molar-refractivity contribution in [3.8, 4) is 0 Å². The first kappa shape index (κ1) is 6.08. The van der Waals surface area contributed by atoms with Crippen LogP contribution in [0.25, 0.3) is 5.57 Å². The fraction of sp³-hybridized carbons (Fsp3) is 0.286. The van der Waals surface area contributed by atoms with Crippen molar-refractivity contribution in [2.45, 2.75) is 13.8 Å². The summed E-state index contributed by atoms with van der Waals surface area (Å²) in [6.45, 7) is 4.06. The molecule has 0 fully saturated rings. The van der Waals surface area contributed by atoms with Crippen molar-refractivity contribution in [1.82, 2.24) is 10.2 Å². The van der Waals surface area contributed by atoms with Crippen molar-refractivity contribution in [2.24, 2.45) is 0 Å². The average Bonchev–Trinajstić information content (AvgIpc) is 2.37. The third-order valence-corrected chi connectivity index (χ3v) is 1.36. The van der Waals surface area contributed by atoms with E-state index >= 15 is 0 Å². The topological polar surface area (TPSA) is 28.7 Å². The Morgan fingerprint density at radius 1 is 1.78 bits per heavy atom. The van der Waals surface area contributed by atoms with Crippen LogP contribution in [0.15, 0.2) is 18.3 Å². The molecule has 0 aromatic carbocycles. The van der Waals surface area contributed by atoms with Crippen molar-refractivity contribution in [1.29, 1.82) is 0 Å². The van der Waals surface area contributed by atoms with Gasteiger partial charge in [-0.05, 0) is 25.5 Å². The summed E-state index contributed by atoms with van der Waals surface area (Å²) >= 11 is 0. The van der Waals surface area contributed by atoms with E-state index in [4.69, 9.17) is 0 Å². The summed E-state index contributed by atoms with van der Waals surface area (Å²) in [5, 5.41) is 6.69. The maximum atomic E-state index is 3.83. The number of hydrogen-bond acceptors (Lipinski definition) is 1. The van der Waals surface area contributed by atoms with Gasteiger partial charge in [0.15, 0.2) is 0 Å². The number of nitrogens with zero attached hydrogens (tertiary/aromatic N) is 1. The molecule has 0 bridgehead atoms. The Balaban J connectivity index is 2.90. The fourth-order valence-corrected chi connectivity index (χ4v) is 0.631. The molecule has 9 heavy (non-hydrogen) atoms. The number of nitrogens with one attached hydrogen (secondary N) is 1. The van der Waals surface area contributed by atoms with Crippen LogP contribution < -0.4 is 0 Å². The van der Waals surface area contributed by atoms with Crippen LogP contribution in [-0.4, -0.2) is 10.2 Å². The predicted molar refractivity (Wildman–Crippen MR) is 37.9 cm³/mol. The molecule has 1 aromatic heterocycles. The molecule has 0 unspecified atom stereocenters. The molecule has 0 radical (unpaired) electrons. The summed E-state index contributed by atoms with van der Waals surface area (Å²) < 4.78 is 0. The van der Waals surface area contributed by atoms with Crippen LogP contribution in [0.1, 0.15) is 19.5 Å². The summed E-state index contributed by atoms with van der Waals surface area (Å²) in [5.74, 6) is 0. The summed E-state index contributed by atoms with van der Waals surface area (Å²) in [5.41, 5.74) is 2.32. The molecule has 1 aromatic rings. The molecule has 0 saturated carbocycles. The van der Waals surface area contributed by atoms with Gasteiger partial charge < -0.3 is 0 Å². The summed E-state index contributed by atoms with van der Waals surface area (Å²) in [7, 11) is 0. The molecule has 0 spiro atoms. The molecule has 2 heteroatoms. The average molecular weight is 122 g/mol. The highest BCUT2D eigenvalue weighted by molar-refractivity contribution is 5.59.